The molecule has 0 aliphatic carbocycles. The number of fused-ring (bicyclic) bond motifs is 3. The molecule has 4 heterocycles. The lowest BCUT2D eigenvalue weighted by Gasteiger charge is -2.33. The van der Waals surface area contributed by atoms with Crippen LogP contribution in [0.25, 0.3) is 0 Å². The minimum absolute atomic E-state index is 0.141. The third-order valence-corrected chi connectivity index (χ3v) is 7.28. The van der Waals surface area contributed by atoms with Crippen LogP contribution in [0.2, 0.25) is 0 Å². The van der Waals surface area contributed by atoms with E-state index in [1.807, 2.05) is 30.3 Å². The van der Waals surface area contributed by atoms with Gasteiger partial charge in [0.05, 0.1) is 25.9 Å². The maximum Gasteiger partial charge on any atom is 0.325 e. The molecule has 182 valence electrons. The molecule has 9 nitrogen and oxygen atoms in total. The average Bonchev–Trinajstić information content (AvgIpc) is 3.35. The number of carbonyl (C=O) groups is 3. The summed E-state index contributed by atoms with van der Waals surface area (Å²) in [4.78, 5) is 42.7. The number of likely N-dealkylation sites (tertiary alicyclic amines) is 1. The first-order valence-electron chi connectivity index (χ1n) is 12.1. The molecule has 4 aliphatic heterocycles. The van der Waals surface area contributed by atoms with Crippen molar-refractivity contribution in [1.82, 2.24) is 15.1 Å². The van der Waals surface area contributed by atoms with E-state index in [2.05, 4.69) is 5.32 Å². The zero-order chi connectivity index (χ0) is 24.0. The summed E-state index contributed by atoms with van der Waals surface area (Å²) in [6.07, 6.45) is 2.80. The molecule has 6 rings (SSSR count). The Morgan fingerprint density at radius 2 is 1.77 bits per heavy atom. The molecule has 0 aromatic heterocycles. The molecule has 2 atom stereocenters. The lowest BCUT2D eigenvalue weighted by Crippen LogP contribution is -2.48. The highest BCUT2D eigenvalue weighted by Gasteiger charge is 2.55. The fourth-order valence-electron chi connectivity index (χ4n) is 5.54. The molecule has 0 bridgehead atoms. The standard InChI is InChI=1S/C26H27N3O6/c30-23(28-11-3-6-19(28)17-8-9-21-22(15-17)34-13-4-12-33-21)16-29-24(31)26(27-25(29)32)10-14-35-20-7-2-1-5-18(20)26/h1-2,5,7-9,15,19H,3-4,6,10-14,16H2,(H,27,32). The predicted octanol–water partition coefficient (Wildman–Crippen LogP) is 2.74. The van der Waals surface area contributed by atoms with Gasteiger partial charge in [0.25, 0.3) is 5.91 Å². The topological polar surface area (TPSA) is 97.4 Å². The first kappa shape index (κ1) is 21.8. The number of amides is 4. The Morgan fingerprint density at radius 3 is 2.66 bits per heavy atom. The van der Waals surface area contributed by atoms with Crippen molar-refractivity contribution in [2.45, 2.75) is 37.3 Å². The Bertz CT molecular complexity index is 1200. The minimum Gasteiger partial charge on any atom is -0.493 e. The second kappa shape index (κ2) is 8.48. The quantitative estimate of drug-likeness (QED) is 0.683. The Balaban J connectivity index is 1.22. The van der Waals surface area contributed by atoms with Crippen LogP contribution in [0.5, 0.6) is 17.2 Å². The van der Waals surface area contributed by atoms with Crippen molar-refractivity contribution < 1.29 is 28.6 Å². The molecule has 2 aromatic rings. The first-order chi connectivity index (χ1) is 17.1. The zero-order valence-electron chi connectivity index (χ0n) is 19.3. The van der Waals surface area contributed by atoms with Gasteiger partial charge in [-0.05, 0) is 36.6 Å². The summed E-state index contributed by atoms with van der Waals surface area (Å²) in [5, 5.41) is 2.86. The third kappa shape index (κ3) is 3.57. The largest absolute Gasteiger partial charge is 0.493 e. The van der Waals surface area contributed by atoms with E-state index in [0.717, 1.165) is 29.7 Å². The number of ether oxygens (including phenoxy) is 3. The van der Waals surface area contributed by atoms with E-state index in [1.54, 1.807) is 17.0 Å². The number of nitrogens with zero attached hydrogens (tertiary/aromatic N) is 2. The first-order valence-corrected chi connectivity index (χ1v) is 12.1. The van der Waals surface area contributed by atoms with Crippen molar-refractivity contribution in [3.63, 3.8) is 0 Å². The van der Waals surface area contributed by atoms with Gasteiger partial charge in [0.1, 0.15) is 12.3 Å². The highest BCUT2D eigenvalue weighted by molar-refractivity contribution is 6.09. The second-order valence-electron chi connectivity index (χ2n) is 9.32. The van der Waals surface area contributed by atoms with E-state index in [9.17, 15) is 14.4 Å². The molecule has 4 aliphatic rings. The fourth-order valence-corrected chi connectivity index (χ4v) is 5.54. The van der Waals surface area contributed by atoms with E-state index in [1.165, 1.54) is 0 Å². The molecular formula is C26H27N3O6. The van der Waals surface area contributed by atoms with Crippen LogP contribution in [0.15, 0.2) is 42.5 Å². The summed E-state index contributed by atoms with van der Waals surface area (Å²) in [7, 11) is 0. The lowest BCUT2D eigenvalue weighted by atomic mass is 9.84. The van der Waals surface area contributed by atoms with Crippen molar-refractivity contribution in [2.75, 3.05) is 32.9 Å². The number of hydrogen-bond donors (Lipinski definition) is 1. The van der Waals surface area contributed by atoms with Crippen LogP contribution in [0.4, 0.5) is 4.79 Å². The van der Waals surface area contributed by atoms with Gasteiger partial charge in [-0.2, -0.15) is 0 Å². The van der Waals surface area contributed by atoms with Gasteiger partial charge in [-0.1, -0.05) is 24.3 Å². The smallest absolute Gasteiger partial charge is 0.325 e. The molecular weight excluding hydrogens is 450 g/mol. The average molecular weight is 478 g/mol. The van der Waals surface area contributed by atoms with Gasteiger partial charge in [-0.15, -0.1) is 0 Å². The van der Waals surface area contributed by atoms with Crippen LogP contribution in [0, 0.1) is 0 Å². The van der Waals surface area contributed by atoms with Crippen molar-refractivity contribution in [3.05, 3.63) is 53.6 Å². The van der Waals surface area contributed by atoms with E-state index >= 15 is 0 Å². The van der Waals surface area contributed by atoms with Gasteiger partial charge in [-0.3, -0.25) is 14.5 Å². The van der Waals surface area contributed by atoms with E-state index < -0.39 is 17.5 Å². The number of rotatable bonds is 3. The van der Waals surface area contributed by atoms with Gasteiger partial charge >= 0.3 is 6.03 Å². The van der Waals surface area contributed by atoms with Gasteiger partial charge in [0.2, 0.25) is 5.91 Å². The van der Waals surface area contributed by atoms with Gasteiger partial charge in [0.15, 0.2) is 17.0 Å². The summed E-state index contributed by atoms with van der Waals surface area (Å²) < 4.78 is 17.2. The fraction of sp³-hybridized carbons (Fsp3) is 0.423. The Hall–Kier alpha value is -3.75. The molecule has 9 heteroatoms. The summed E-state index contributed by atoms with van der Waals surface area (Å²) in [5.74, 6) is 1.32. The van der Waals surface area contributed by atoms with Crippen LogP contribution in [0.1, 0.15) is 42.9 Å². The Kier molecular flexibility index (Phi) is 5.27. The van der Waals surface area contributed by atoms with E-state index in [-0.39, 0.29) is 18.5 Å². The van der Waals surface area contributed by atoms with Crippen LogP contribution >= 0.6 is 0 Å². The summed E-state index contributed by atoms with van der Waals surface area (Å²) in [6, 6.07) is 12.3. The van der Waals surface area contributed by atoms with Gasteiger partial charge in [0, 0.05) is 24.9 Å². The van der Waals surface area contributed by atoms with Gasteiger partial charge in [-0.25, -0.2) is 4.79 Å². The van der Waals surface area contributed by atoms with Crippen LogP contribution in [-0.4, -0.2) is 60.6 Å². The molecule has 2 fully saturated rings. The molecule has 1 spiro atoms. The Morgan fingerprint density at radius 1 is 0.971 bits per heavy atom. The molecule has 4 amide bonds. The molecule has 0 saturated carbocycles. The summed E-state index contributed by atoms with van der Waals surface area (Å²) >= 11 is 0. The zero-order valence-corrected chi connectivity index (χ0v) is 19.3. The van der Waals surface area contributed by atoms with Crippen molar-refractivity contribution in [3.8, 4) is 17.2 Å². The van der Waals surface area contributed by atoms with Crippen molar-refractivity contribution >= 4 is 17.8 Å². The summed E-state index contributed by atoms with van der Waals surface area (Å²) in [5.41, 5.74) is 0.406. The molecule has 2 saturated heterocycles. The molecule has 2 unspecified atom stereocenters. The predicted molar refractivity (Wildman–Crippen MR) is 124 cm³/mol. The number of carbonyl (C=O) groups excluding carboxylic acids is 3. The third-order valence-electron chi connectivity index (χ3n) is 7.28. The minimum atomic E-state index is -1.19. The number of nitrogens with one attached hydrogen (secondary N) is 1. The number of hydrogen-bond acceptors (Lipinski definition) is 6. The highest BCUT2D eigenvalue weighted by Crippen LogP contribution is 2.42. The van der Waals surface area contributed by atoms with E-state index in [4.69, 9.17) is 14.2 Å². The molecule has 0 radical (unpaired) electrons. The molecule has 1 N–H and O–H groups in total. The molecule has 2 aromatic carbocycles. The van der Waals surface area contributed by atoms with Crippen LogP contribution in [-0.2, 0) is 15.1 Å². The number of benzene rings is 2. The SMILES string of the molecule is O=C1NC2(CCOc3ccccc32)C(=O)N1CC(=O)N1CCCC1c1ccc2c(c1)OCCCO2. The van der Waals surface area contributed by atoms with Crippen molar-refractivity contribution in [2.24, 2.45) is 0 Å². The van der Waals surface area contributed by atoms with Crippen LogP contribution < -0.4 is 19.5 Å². The number of para-hydroxylation sites is 1. The highest BCUT2D eigenvalue weighted by atomic mass is 16.5. The second-order valence-corrected chi connectivity index (χ2v) is 9.32. The maximum absolute atomic E-state index is 13.5. The van der Waals surface area contributed by atoms with Crippen LogP contribution in [0.3, 0.4) is 0 Å². The summed E-state index contributed by atoms with van der Waals surface area (Å²) in [6.45, 7) is 1.79. The normalized spacial score (nSPS) is 25.2. The Labute approximate surface area is 202 Å². The van der Waals surface area contributed by atoms with Crippen molar-refractivity contribution in [1.29, 1.82) is 0 Å². The lowest BCUT2D eigenvalue weighted by molar-refractivity contribution is -0.140. The maximum atomic E-state index is 13.5. The number of imide groups is 1. The molecule has 35 heavy (non-hydrogen) atoms. The number of urea groups is 1. The monoisotopic (exact) mass is 477 g/mol. The van der Waals surface area contributed by atoms with E-state index in [0.29, 0.717) is 55.6 Å². The van der Waals surface area contributed by atoms with Gasteiger partial charge < -0.3 is 24.4 Å².